The summed E-state index contributed by atoms with van der Waals surface area (Å²) in [7, 11) is 0. The fourth-order valence-corrected chi connectivity index (χ4v) is 19.3. The van der Waals surface area contributed by atoms with Crippen LogP contribution in [0, 0.1) is 0 Å². The van der Waals surface area contributed by atoms with Crippen LogP contribution in [0.15, 0.2) is 429 Å². The topological polar surface area (TPSA) is 3.24 Å². The minimum Gasteiger partial charge on any atom is -0.310 e. The maximum absolute atomic E-state index is 3.83. The van der Waals surface area contributed by atoms with Crippen LogP contribution in [0.5, 0.6) is 0 Å². The van der Waals surface area contributed by atoms with Crippen molar-refractivity contribution in [2.75, 3.05) is 9.83 Å². The molecule has 0 aliphatic heterocycles. The quantitative estimate of drug-likeness (QED) is 0.103. The molecule has 111 heavy (non-hydrogen) atoms. The summed E-state index contributed by atoms with van der Waals surface area (Å²) in [4.78, 5) is 4.42. The SMILES string of the molecule is Brc1cccc2c1-c1ccccc1C21c2ccccc2-c2ccccc21.CI.c1ccc(-c2c(-c3ccc(N(c4ccccc4)c4cccc5c4-c4ccccc4C54c5ccccc5-c5ccccc54)cc3)ccc3ccccc23)cc1.c1ccc(Cc2ccc(-c3ccc4ccccc4c3-c3ccccc3)cc2)cc1. The number of halogens is 2. The van der Waals surface area contributed by atoms with Crippen LogP contribution in [0.4, 0.5) is 17.1 Å². The second-order valence-electron chi connectivity index (χ2n) is 28.9. The smallest absolute Gasteiger partial charge is 0.0726 e. The monoisotopic (exact) mass is 1590 g/mol. The summed E-state index contributed by atoms with van der Waals surface area (Å²) in [6.07, 6.45) is 0.963. The highest BCUT2D eigenvalue weighted by Crippen LogP contribution is 2.66. The molecular formula is C108H75BrIN. The largest absolute Gasteiger partial charge is 0.310 e. The Morgan fingerprint density at radius 1 is 0.225 bits per heavy atom. The van der Waals surface area contributed by atoms with Gasteiger partial charge in [-0.1, -0.05) is 427 Å². The number of para-hydroxylation sites is 1. The van der Waals surface area contributed by atoms with Crippen molar-refractivity contribution < 1.29 is 0 Å². The molecule has 4 aliphatic carbocycles. The molecule has 526 valence electrons. The summed E-state index contributed by atoms with van der Waals surface area (Å²) in [6, 6.07) is 155. The zero-order chi connectivity index (χ0) is 74.4. The van der Waals surface area contributed by atoms with E-state index in [1.165, 1.54) is 176 Å². The molecule has 0 unspecified atom stereocenters. The highest BCUT2D eigenvalue weighted by molar-refractivity contribution is 14.1. The summed E-state index contributed by atoms with van der Waals surface area (Å²) in [5, 5.41) is 5.08. The molecule has 0 heterocycles. The van der Waals surface area contributed by atoms with Crippen LogP contribution < -0.4 is 4.90 Å². The second-order valence-corrected chi connectivity index (χ2v) is 29.7. The third-order valence-electron chi connectivity index (χ3n) is 23.2. The van der Waals surface area contributed by atoms with Gasteiger partial charge in [-0.25, -0.2) is 0 Å². The summed E-state index contributed by atoms with van der Waals surface area (Å²) in [5.41, 5.74) is 37.0. The number of benzene rings is 18. The lowest BCUT2D eigenvalue weighted by molar-refractivity contribution is 0.793. The number of rotatable bonds is 9. The normalized spacial score (nSPS) is 12.6. The van der Waals surface area contributed by atoms with E-state index in [1.807, 2.05) is 4.93 Å². The van der Waals surface area contributed by atoms with Gasteiger partial charge in [-0.3, -0.25) is 0 Å². The lowest BCUT2D eigenvalue weighted by Gasteiger charge is -2.31. The highest BCUT2D eigenvalue weighted by Gasteiger charge is 2.54. The van der Waals surface area contributed by atoms with E-state index in [-0.39, 0.29) is 5.41 Å². The number of anilines is 3. The third-order valence-corrected chi connectivity index (χ3v) is 23.8. The lowest BCUT2D eigenvalue weighted by Crippen LogP contribution is -2.26. The maximum Gasteiger partial charge on any atom is 0.0726 e. The predicted octanol–water partition coefficient (Wildman–Crippen LogP) is 29.6. The fraction of sp³-hybridized carbons (Fsp3) is 0.0370. The summed E-state index contributed by atoms with van der Waals surface area (Å²) >= 11 is 5.98. The minimum absolute atomic E-state index is 0.219. The van der Waals surface area contributed by atoms with E-state index in [0.29, 0.717) is 0 Å². The first-order chi connectivity index (χ1) is 55.0. The van der Waals surface area contributed by atoms with E-state index in [0.717, 1.165) is 17.8 Å². The first kappa shape index (κ1) is 69.0. The van der Waals surface area contributed by atoms with Crippen molar-refractivity contribution in [3.8, 4) is 89.0 Å². The molecule has 0 saturated carbocycles. The van der Waals surface area contributed by atoms with Gasteiger partial charge in [0, 0.05) is 27.0 Å². The van der Waals surface area contributed by atoms with E-state index < -0.39 is 5.41 Å². The number of nitrogens with zero attached hydrogens (tertiary/aromatic N) is 1. The molecule has 2 spiro atoms. The molecule has 22 rings (SSSR count). The molecule has 0 atom stereocenters. The van der Waals surface area contributed by atoms with Crippen LogP contribution in [-0.2, 0) is 17.3 Å². The second kappa shape index (κ2) is 29.5. The van der Waals surface area contributed by atoms with Crippen molar-refractivity contribution in [1.82, 2.24) is 0 Å². The van der Waals surface area contributed by atoms with E-state index in [4.69, 9.17) is 0 Å². The fourth-order valence-electron chi connectivity index (χ4n) is 18.7. The zero-order valence-electron chi connectivity index (χ0n) is 61.3. The Morgan fingerprint density at radius 3 is 1.01 bits per heavy atom. The average Bonchev–Trinajstić information content (AvgIpc) is 1.51. The summed E-state index contributed by atoms with van der Waals surface area (Å²) in [6.45, 7) is 0. The van der Waals surface area contributed by atoms with Crippen molar-refractivity contribution in [3.63, 3.8) is 0 Å². The van der Waals surface area contributed by atoms with Crippen LogP contribution in [0.1, 0.15) is 55.6 Å². The Kier molecular flexibility index (Phi) is 18.3. The first-order valence-corrected chi connectivity index (χ1v) is 41.1. The molecule has 0 amide bonds. The molecular weight excluding hydrogens is 1520 g/mol. The lowest BCUT2D eigenvalue weighted by atomic mass is 9.70. The Labute approximate surface area is 672 Å². The Bertz CT molecular complexity index is 6420. The Hall–Kier alpha value is -12.5. The van der Waals surface area contributed by atoms with E-state index >= 15 is 0 Å². The summed E-state index contributed by atoms with van der Waals surface area (Å²) < 4.78 is 1.17. The molecule has 1 nitrogen and oxygen atoms in total. The highest BCUT2D eigenvalue weighted by atomic mass is 127. The molecule has 3 heteroatoms. The number of alkyl halides is 1. The van der Waals surface area contributed by atoms with Gasteiger partial charge in [-0.05, 0) is 203 Å². The van der Waals surface area contributed by atoms with Crippen molar-refractivity contribution >= 4 is 77.1 Å². The number of hydrogen-bond acceptors (Lipinski definition) is 1. The average molecular weight is 1590 g/mol. The van der Waals surface area contributed by atoms with Crippen LogP contribution in [0.3, 0.4) is 0 Å². The van der Waals surface area contributed by atoms with E-state index in [1.54, 1.807) is 0 Å². The van der Waals surface area contributed by atoms with E-state index in [9.17, 15) is 0 Å². The molecule has 0 radical (unpaired) electrons. The minimum atomic E-state index is -0.398. The van der Waals surface area contributed by atoms with Gasteiger partial charge in [0.1, 0.15) is 0 Å². The molecule has 18 aromatic rings. The standard InChI is InChI=1S/C53H35N.C29H22.C25H15Br.CH3I/c1-3-17-38(18-4-1)51-41-21-8-7-16-36(41)32-35-42(51)37-30-33-40(34-31-37)54(39-19-5-2-6-20-39)50-29-15-28-49-52(50)45-24-11-14-27-48(45)53(49)46-25-12-9-22-43(46)44-23-10-13-26-47(44)53;1-3-9-22(10-4-1)21-23-15-17-25(18-16-23)28-20-19-24-11-7-8-14-27(24)29(28)26-12-5-2-6-13-26;26-23-15-7-14-22-24(23)18-10-3-6-13-21(18)25(22)19-11-4-1-8-16(19)17-9-2-5-12-20(17)25;1-2/h1-35H;1-20H,21H2;1-15H;1H3. The van der Waals surface area contributed by atoms with Gasteiger partial charge in [0.15, 0.2) is 0 Å². The molecule has 4 aliphatic rings. The molecule has 0 fully saturated rings. The van der Waals surface area contributed by atoms with Crippen LogP contribution in [-0.4, -0.2) is 4.93 Å². The van der Waals surface area contributed by atoms with Gasteiger partial charge in [-0.15, -0.1) is 0 Å². The van der Waals surface area contributed by atoms with Gasteiger partial charge in [0.2, 0.25) is 0 Å². The molecule has 18 aromatic carbocycles. The van der Waals surface area contributed by atoms with Crippen LogP contribution >= 0.6 is 38.5 Å². The Morgan fingerprint density at radius 2 is 0.550 bits per heavy atom. The van der Waals surface area contributed by atoms with E-state index in [2.05, 4.69) is 468 Å². The number of hydrogen-bond donors (Lipinski definition) is 0. The van der Waals surface area contributed by atoms with Gasteiger partial charge in [-0.2, -0.15) is 0 Å². The predicted molar refractivity (Wildman–Crippen MR) is 480 cm³/mol. The van der Waals surface area contributed by atoms with Gasteiger partial charge in [0.25, 0.3) is 0 Å². The third kappa shape index (κ3) is 11.5. The van der Waals surface area contributed by atoms with Gasteiger partial charge < -0.3 is 4.90 Å². The summed E-state index contributed by atoms with van der Waals surface area (Å²) in [5.74, 6) is 0. The van der Waals surface area contributed by atoms with Gasteiger partial charge in [0.05, 0.1) is 16.5 Å². The molecule has 0 bridgehead atoms. The van der Waals surface area contributed by atoms with Crippen molar-refractivity contribution in [1.29, 1.82) is 0 Å². The van der Waals surface area contributed by atoms with Crippen LogP contribution in [0.25, 0.3) is 111 Å². The first-order valence-electron chi connectivity index (χ1n) is 38.2. The van der Waals surface area contributed by atoms with Gasteiger partial charge >= 0.3 is 0 Å². The van der Waals surface area contributed by atoms with Crippen molar-refractivity contribution in [2.45, 2.75) is 17.3 Å². The van der Waals surface area contributed by atoms with Crippen molar-refractivity contribution in [2.24, 2.45) is 0 Å². The van der Waals surface area contributed by atoms with Crippen LogP contribution in [0.2, 0.25) is 0 Å². The molecule has 0 aromatic heterocycles. The van der Waals surface area contributed by atoms with Crippen molar-refractivity contribution in [3.05, 3.63) is 485 Å². The molecule has 0 N–H and O–H groups in total. The zero-order valence-corrected chi connectivity index (χ0v) is 65.1. The maximum atomic E-state index is 3.83. The Balaban J connectivity index is 0.000000122. The molecule has 0 saturated heterocycles. The number of fused-ring (bicyclic) bond motifs is 22.